The fourth-order valence-corrected chi connectivity index (χ4v) is 1.20. The average molecular weight is 195 g/mol. The summed E-state index contributed by atoms with van der Waals surface area (Å²) in [7, 11) is 0. The van der Waals surface area contributed by atoms with E-state index in [1.165, 1.54) is 0 Å². The fraction of sp³-hybridized carbons (Fsp3) is 0.300. The van der Waals surface area contributed by atoms with Crippen molar-refractivity contribution in [3.05, 3.63) is 39.8 Å². The maximum Gasteiger partial charge on any atom is 0.248 e. The molecule has 0 spiro atoms. The van der Waals surface area contributed by atoms with Crippen LogP contribution in [0.4, 0.5) is 0 Å². The van der Waals surface area contributed by atoms with Crippen LogP contribution in [0.3, 0.4) is 0 Å². The van der Waals surface area contributed by atoms with Crippen molar-refractivity contribution in [3.63, 3.8) is 0 Å². The molecule has 0 radical (unpaired) electrons. The third kappa shape index (κ3) is 3.11. The van der Waals surface area contributed by atoms with Crippen molar-refractivity contribution < 1.29 is 0 Å². The van der Waals surface area contributed by atoms with E-state index in [-0.39, 0.29) is 5.56 Å². The van der Waals surface area contributed by atoms with Gasteiger partial charge >= 0.3 is 0 Å². The minimum absolute atomic E-state index is 0.0520. The molecule has 70 valence electrons. The number of hydrogen-bond donors (Lipinski definition) is 2. The van der Waals surface area contributed by atoms with Crippen LogP contribution in [0.1, 0.15) is 17.5 Å². The van der Waals surface area contributed by atoms with Gasteiger partial charge in [0.15, 0.2) is 0 Å². The van der Waals surface area contributed by atoms with Crippen LogP contribution in [-0.4, -0.2) is 10.7 Å². The van der Waals surface area contributed by atoms with E-state index >= 15 is 0 Å². The first-order valence-corrected chi connectivity index (χ1v) is 4.84. The number of nitrogens with one attached hydrogen (secondary N) is 1. The lowest BCUT2D eigenvalue weighted by Gasteiger charge is -1.97. The molecule has 0 aliphatic carbocycles. The molecule has 0 saturated carbocycles. The van der Waals surface area contributed by atoms with Gasteiger partial charge < -0.3 is 4.98 Å². The minimum atomic E-state index is -0.0520. The first-order valence-electron chi connectivity index (χ1n) is 4.21. The Morgan fingerprint density at radius 2 is 2.38 bits per heavy atom. The van der Waals surface area contributed by atoms with Crippen LogP contribution in [0.5, 0.6) is 0 Å². The smallest absolute Gasteiger partial charge is 0.248 e. The maximum absolute atomic E-state index is 10.9. The van der Waals surface area contributed by atoms with E-state index in [1.54, 1.807) is 12.3 Å². The van der Waals surface area contributed by atoms with Gasteiger partial charge in [-0.3, -0.25) is 4.79 Å². The van der Waals surface area contributed by atoms with Crippen molar-refractivity contribution in [3.8, 4) is 0 Å². The van der Waals surface area contributed by atoms with E-state index in [9.17, 15) is 4.79 Å². The van der Waals surface area contributed by atoms with E-state index in [2.05, 4.69) is 17.6 Å². The molecule has 1 N–H and O–H groups in total. The van der Waals surface area contributed by atoms with Gasteiger partial charge in [0.1, 0.15) is 0 Å². The molecule has 0 bridgehead atoms. The zero-order valence-corrected chi connectivity index (χ0v) is 8.47. The van der Waals surface area contributed by atoms with Gasteiger partial charge in [0, 0.05) is 12.3 Å². The number of hydrogen-bond acceptors (Lipinski definition) is 2. The van der Waals surface area contributed by atoms with Crippen molar-refractivity contribution in [2.45, 2.75) is 13.3 Å². The Kier molecular flexibility index (Phi) is 3.83. The van der Waals surface area contributed by atoms with E-state index in [1.807, 2.05) is 19.1 Å². The molecule has 0 aliphatic rings. The molecule has 1 aromatic heterocycles. The molecule has 1 aromatic rings. The first kappa shape index (κ1) is 10.1. The summed E-state index contributed by atoms with van der Waals surface area (Å²) in [5.41, 5.74) is 2.00. The van der Waals surface area contributed by atoms with Gasteiger partial charge in [-0.2, -0.15) is 12.6 Å². The molecule has 13 heavy (non-hydrogen) atoms. The monoisotopic (exact) mass is 195 g/mol. The Morgan fingerprint density at radius 3 is 3.00 bits per heavy atom. The average Bonchev–Trinajstić information content (AvgIpc) is 2.09. The standard InChI is InChI=1S/C10H13NOS/c1-8-6-10(12)11-7-9(8)4-2-3-5-13/h2,4,6-7,13H,3,5H2,1H3,(H,11,12). The normalized spacial score (nSPS) is 10.9. The zero-order chi connectivity index (χ0) is 9.68. The highest BCUT2D eigenvalue weighted by molar-refractivity contribution is 7.80. The quantitative estimate of drug-likeness (QED) is 0.711. The Morgan fingerprint density at radius 1 is 1.62 bits per heavy atom. The highest BCUT2D eigenvalue weighted by Crippen LogP contribution is 2.05. The molecule has 1 rings (SSSR count). The number of pyridine rings is 1. The number of aryl methyl sites for hydroxylation is 1. The molecule has 0 unspecified atom stereocenters. The number of aromatic amines is 1. The van der Waals surface area contributed by atoms with Gasteiger partial charge in [0.05, 0.1) is 0 Å². The topological polar surface area (TPSA) is 32.9 Å². The van der Waals surface area contributed by atoms with Crippen molar-refractivity contribution in [1.29, 1.82) is 0 Å². The molecule has 0 fully saturated rings. The second-order valence-corrected chi connectivity index (χ2v) is 3.30. The number of thiol groups is 1. The molecular formula is C10H13NOS. The molecule has 2 nitrogen and oxygen atoms in total. The second-order valence-electron chi connectivity index (χ2n) is 2.85. The summed E-state index contributed by atoms with van der Waals surface area (Å²) >= 11 is 4.10. The number of allylic oxidation sites excluding steroid dienone is 1. The van der Waals surface area contributed by atoms with Gasteiger partial charge in [-0.1, -0.05) is 12.2 Å². The lowest BCUT2D eigenvalue weighted by Crippen LogP contribution is -2.04. The molecule has 0 aromatic carbocycles. The van der Waals surface area contributed by atoms with Crippen molar-refractivity contribution in [1.82, 2.24) is 4.98 Å². The summed E-state index contributed by atoms with van der Waals surface area (Å²) < 4.78 is 0. The van der Waals surface area contributed by atoms with Crippen molar-refractivity contribution in [2.24, 2.45) is 0 Å². The molecular weight excluding hydrogens is 182 g/mol. The Hall–Kier alpha value is -0.960. The van der Waals surface area contributed by atoms with Gasteiger partial charge in [0.2, 0.25) is 5.56 Å². The Balaban J connectivity index is 2.83. The van der Waals surface area contributed by atoms with Crippen LogP contribution < -0.4 is 5.56 Å². The van der Waals surface area contributed by atoms with Crippen LogP contribution >= 0.6 is 12.6 Å². The van der Waals surface area contributed by atoms with Gasteiger partial charge in [-0.25, -0.2) is 0 Å². The van der Waals surface area contributed by atoms with Crippen LogP contribution in [0, 0.1) is 6.92 Å². The van der Waals surface area contributed by atoms with E-state index in [0.29, 0.717) is 0 Å². The van der Waals surface area contributed by atoms with E-state index in [0.717, 1.165) is 23.3 Å². The Labute approximate surface area is 83.1 Å². The van der Waals surface area contributed by atoms with Gasteiger partial charge in [-0.05, 0) is 30.2 Å². The van der Waals surface area contributed by atoms with Crippen molar-refractivity contribution >= 4 is 18.7 Å². The van der Waals surface area contributed by atoms with Crippen LogP contribution in [0.15, 0.2) is 23.1 Å². The van der Waals surface area contributed by atoms with Gasteiger partial charge in [-0.15, -0.1) is 0 Å². The fourth-order valence-electron chi connectivity index (χ4n) is 1.05. The highest BCUT2D eigenvalue weighted by atomic mass is 32.1. The molecule has 3 heteroatoms. The molecule has 0 saturated heterocycles. The maximum atomic E-state index is 10.9. The lowest BCUT2D eigenvalue weighted by molar-refractivity contribution is 1.19. The minimum Gasteiger partial charge on any atom is -0.328 e. The number of H-pyrrole nitrogens is 1. The van der Waals surface area contributed by atoms with Crippen LogP contribution in [0.2, 0.25) is 0 Å². The predicted molar refractivity (Wildman–Crippen MR) is 59.3 cm³/mol. The third-order valence-corrected chi connectivity index (χ3v) is 2.02. The first-order chi connectivity index (χ1) is 6.24. The number of aromatic nitrogens is 1. The SMILES string of the molecule is Cc1cc(=O)[nH]cc1C=CCCS. The van der Waals surface area contributed by atoms with E-state index < -0.39 is 0 Å². The third-order valence-electron chi connectivity index (χ3n) is 1.77. The second kappa shape index (κ2) is 4.92. The summed E-state index contributed by atoms with van der Waals surface area (Å²) in [4.78, 5) is 13.5. The summed E-state index contributed by atoms with van der Waals surface area (Å²) in [6.45, 7) is 1.93. The zero-order valence-electron chi connectivity index (χ0n) is 7.58. The summed E-state index contributed by atoms with van der Waals surface area (Å²) in [6.07, 6.45) is 6.73. The molecule has 0 aliphatic heterocycles. The molecule has 0 atom stereocenters. The van der Waals surface area contributed by atoms with Crippen molar-refractivity contribution in [2.75, 3.05) is 5.75 Å². The van der Waals surface area contributed by atoms with E-state index in [4.69, 9.17) is 0 Å². The van der Waals surface area contributed by atoms with Crippen LogP contribution in [-0.2, 0) is 0 Å². The highest BCUT2D eigenvalue weighted by Gasteiger charge is 1.93. The van der Waals surface area contributed by atoms with Gasteiger partial charge in [0.25, 0.3) is 0 Å². The lowest BCUT2D eigenvalue weighted by atomic mass is 10.1. The summed E-state index contributed by atoms with van der Waals surface area (Å²) in [5.74, 6) is 0.846. The number of rotatable bonds is 3. The summed E-state index contributed by atoms with van der Waals surface area (Å²) in [6, 6.07) is 1.60. The summed E-state index contributed by atoms with van der Waals surface area (Å²) in [5, 5.41) is 0. The molecule has 0 amide bonds. The Bertz CT molecular complexity index is 354. The largest absolute Gasteiger partial charge is 0.328 e. The van der Waals surface area contributed by atoms with Crippen LogP contribution in [0.25, 0.3) is 6.08 Å². The molecule has 1 heterocycles. The predicted octanol–water partition coefficient (Wildman–Crippen LogP) is 2.02.